The fourth-order valence-electron chi connectivity index (χ4n) is 2.53. The van der Waals surface area contributed by atoms with Crippen molar-refractivity contribution in [1.82, 2.24) is 0 Å². The van der Waals surface area contributed by atoms with Gasteiger partial charge in [-0.05, 0) is 25.1 Å². The van der Waals surface area contributed by atoms with Crippen LogP contribution in [0.3, 0.4) is 0 Å². The highest BCUT2D eigenvalue weighted by Crippen LogP contribution is 2.40. The zero-order chi connectivity index (χ0) is 15.9. The van der Waals surface area contributed by atoms with Gasteiger partial charge in [-0.3, -0.25) is 4.79 Å². The summed E-state index contributed by atoms with van der Waals surface area (Å²) in [7, 11) is -1.86. The van der Waals surface area contributed by atoms with Gasteiger partial charge < -0.3 is 18.6 Å². The van der Waals surface area contributed by atoms with E-state index >= 15 is 0 Å². The van der Waals surface area contributed by atoms with Gasteiger partial charge in [-0.25, -0.2) is 0 Å². The van der Waals surface area contributed by atoms with Crippen LogP contribution in [0.4, 0.5) is 0 Å². The van der Waals surface area contributed by atoms with Crippen molar-refractivity contribution in [3.63, 3.8) is 0 Å². The molecule has 0 radical (unpaired) electrons. The van der Waals surface area contributed by atoms with E-state index in [1.165, 1.54) is 0 Å². The van der Waals surface area contributed by atoms with Crippen LogP contribution in [0.5, 0.6) is 0 Å². The molecule has 2 saturated heterocycles. The molecule has 2 aliphatic rings. The minimum Gasteiger partial charge on any atom is -0.459 e. The number of esters is 1. The van der Waals surface area contributed by atoms with E-state index < -0.39 is 14.1 Å². The summed E-state index contributed by atoms with van der Waals surface area (Å²) in [6.07, 6.45) is 0.0527. The molecule has 5 nitrogen and oxygen atoms in total. The number of hydrogen-bond acceptors (Lipinski definition) is 5. The zero-order valence-electron chi connectivity index (χ0n) is 14.0. The van der Waals surface area contributed by atoms with Gasteiger partial charge in [0.15, 0.2) is 14.1 Å². The molecular formula is C15H28O5Si. The van der Waals surface area contributed by atoms with Crippen LogP contribution in [0, 0.1) is 5.92 Å². The Morgan fingerprint density at radius 2 is 1.86 bits per heavy atom. The molecular weight excluding hydrogens is 288 g/mol. The topological polar surface area (TPSA) is 54.0 Å². The molecule has 0 aromatic rings. The summed E-state index contributed by atoms with van der Waals surface area (Å²) < 4.78 is 23.1. The van der Waals surface area contributed by atoms with Gasteiger partial charge in [0.1, 0.15) is 6.10 Å². The number of carbonyl (C=O) groups excluding carboxylic acids is 1. The Labute approximate surface area is 128 Å². The highest BCUT2D eigenvalue weighted by atomic mass is 28.4. The van der Waals surface area contributed by atoms with Crippen LogP contribution in [-0.4, -0.2) is 46.0 Å². The van der Waals surface area contributed by atoms with Crippen molar-refractivity contribution in [2.45, 2.75) is 64.1 Å². The quantitative estimate of drug-likeness (QED) is 0.589. The molecule has 0 unspecified atom stereocenters. The summed E-state index contributed by atoms with van der Waals surface area (Å²) in [5, 5.41) is 0.134. The lowest BCUT2D eigenvalue weighted by Gasteiger charge is -2.38. The van der Waals surface area contributed by atoms with Crippen LogP contribution in [0.2, 0.25) is 18.1 Å². The zero-order valence-corrected chi connectivity index (χ0v) is 15.0. The summed E-state index contributed by atoms with van der Waals surface area (Å²) in [6, 6.07) is 0. The van der Waals surface area contributed by atoms with Gasteiger partial charge in [0.05, 0.1) is 32.2 Å². The first-order valence-corrected chi connectivity index (χ1v) is 10.6. The first kappa shape index (κ1) is 16.9. The minimum absolute atomic E-state index is 0.0998. The molecule has 0 aliphatic carbocycles. The molecule has 0 amide bonds. The van der Waals surface area contributed by atoms with E-state index in [1.54, 1.807) is 0 Å². The minimum atomic E-state index is -1.86. The van der Waals surface area contributed by atoms with Crippen molar-refractivity contribution >= 4 is 14.3 Å². The maximum Gasteiger partial charge on any atom is 0.306 e. The van der Waals surface area contributed by atoms with Gasteiger partial charge in [0, 0.05) is 0 Å². The Morgan fingerprint density at radius 3 is 2.38 bits per heavy atom. The van der Waals surface area contributed by atoms with Crippen molar-refractivity contribution in [2.24, 2.45) is 5.92 Å². The van der Waals surface area contributed by atoms with Crippen molar-refractivity contribution in [3.05, 3.63) is 0 Å². The summed E-state index contributed by atoms with van der Waals surface area (Å²) in [6.45, 7) is 14.4. The largest absolute Gasteiger partial charge is 0.459 e. The lowest BCUT2D eigenvalue weighted by atomic mass is 9.93. The van der Waals surface area contributed by atoms with E-state index in [0.29, 0.717) is 26.2 Å². The third kappa shape index (κ3) is 3.49. The Bertz CT molecular complexity index is 395. The lowest BCUT2D eigenvalue weighted by molar-refractivity contribution is -0.194. The van der Waals surface area contributed by atoms with Crippen LogP contribution in [0.25, 0.3) is 0 Å². The van der Waals surface area contributed by atoms with Crippen molar-refractivity contribution in [2.75, 3.05) is 19.8 Å². The van der Waals surface area contributed by atoms with E-state index in [1.807, 2.05) is 6.92 Å². The average molecular weight is 316 g/mol. The van der Waals surface area contributed by atoms with Gasteiger partial charge >= 0.3 is 5.97 Å². The second-order valence-corrected chi connectivity index (χ2v) is 12.4. The van der Waals surface area contributed by atoms with E-state index in [-0.39, 0.29) is 23.0 Å². The Balaban J connectivity index is 2.03. The van der Waals surface area contributed by atoms with E-state index in [0.717, 1.165) is 0 Å². The van der Waals surface area contributed by atoms with Crippen molar-refractivity contribution in [3.8, 4) is 0 Å². The first-order valence-electron chi connectivity index (χ1n) is 7.66. The highest BCUT2D eigenvalue weighted by molar-refractivity contribution is 6.74. The maximum absolute atomic E-state index is 11.7. The molecule has 6 heteroatoms. The van der Waals surface area contributed by atoms with Gasteiger partial charge in [-0.1, -0.05) is 20.8 Å². The lowest BCUT2D eigenvalue weighted by Crippen LogP contribution is -2.46. The van der Waals surface area contributed by atoms with E-state index in [2.05, 4.69) is 33.9 Å². The Kier molecular flexibility index (Phi) is 4.55. The molecule has 0 spiro atoms. The smallest absolute Gasteiger partial charge is 0.306 e. The Hall–Kier alpha value is -0.433. The predicted octanol–water partition coefficient (Wildman–Crippen LogP) is 2.70. The monoisotopic (exact) mass is 316 g/mol. The second kappa shape index (κ2) is 5.65. The summed E-state index contributed by atoms with van der Waals surface area (Å²) >= 11 is 0. The Morgan fingerprint density at radius 1 is 1.29 bits per heavy atom. The summed E-state index contributed by atoms with van der Waals surface area (Å²) in [5.74, 6) is -1.02. The van der Waals surface area contributed by atoms with Crippen LogP contribution >= 0.6 is 0 Å². The van der Waals surface area contributed by atoms with Crippen LogP contribution < -0.4 is 0 Å². The molecule has 2 atom stereocenters. The van der Waals surface area contributed by atoms with Crippen LogP contribution in [0.1, 0.15) is 34.1 Å². The fraction of sp³-hybridized carbons (Fsp3) is 0.933. The molecule has 0 N–H and O–H groups in total. The van der Waals surface area contributed by atoms with Gasteiger partial charge in [0.25, 0.3) is 0 Å². The summed E-state index contributed by atoms with van der Waals surface area (Å²) in [4.78, 5) is 11.7. The molecule has 2 fully saturated rings. The van der Waals surface area contributed by atoms with Gasteiger partial charge in [-0.15, -0.1) is 0 Å². The van der Waals surface area contributed by atoms with E-state index in [9.17, 15) is 4.79 Å². The first-order chi connectivity index (χ1) is 9.55. The number of ether oxygens (including phenoxy) is 3. The summed E-state index contributed by atoms with van der Waals surface area (Å²) in [5.41, 5.74) is 0. The molecule has 122 valence electrons. The molecule has 21 heavy (non-hydrogen) atoms. The van der Waals surface area contributed by atoms with Gasteiger partial charge in [-0.2, -0.15) is 0 Å². The maximum atomic E-state index is 11.7. The third-order valence-corrected chi connectivity index (χ3v) is 9.57. The molecule has 2 rings (SSSR count). The average Bonchev–Trinajstić information content (AvgIpc) is 2.93. The van der Waals surface area contributed by atoms with Gasteiger partial charge in [0.2, 0.25) is 0 Å². The van der Waals surface area contributed by atoms with Crippen molar-refractivity contribution in [1.29, 1.82) is 0 Å². The third-order valence-electron chi connectivity index (χ3n) is 5.07. The number of hydrogen-bond donors (Lipinski definition) is 0. The number of rotatable bonds is 4. The molecule has 0 saturated carbocycles. The SMILES string of the molecule is CC1([C@H]2CC(=O)O[C@@H]2CO[Si](C)(C)C(C)(C)C)OCCO1. The fourth-order valence-corrected chi connectivity index (χ4v) is 3.55. The molecule has 0 aromatic carbocycles. The second-order valence-electron chi connectivity index (χ2n) is 7.62. The number of carbonyl (C=O) groups is 1. The molecule has 2 aliphatic heterocycles. The molecule has 0 aromatic heterocycles. The molecule has 0 bridgehead atoms. The normalized spacial score (nSPS) is 29.7. The van der Waals surface area contributed by atoms with E-state index in [4.69, 9.17) is 18.6 Å². The number of cyclic esters (lactones) is 1. The van der Waals surface area contributed by atoms with Crippen LogP contribution in [-0.2, 0) is 23.4 Å². The van der Waals surface area contributed by atoms with Crippen LogP contribution in [0.15, 0.2) is 0 Å². The standard InChI is InChI=1S/C15H28O5Si/c1-14(2,3)21(5,6)19-10-12-11(9-13(16)20-12)15(4)17-7-8-18-15/h11-12H,7-10H2,1-6H3/t11-,12+/m0/s1. The predicted molar refractivity (Wildman–Crippen MR) is 81.4 cm³/mol. The highest BCUT2D eigenvalue weighted by Gasteiger charge is 2.51. The molecule has 2 heterocycles. The van der Waals surface area contributed by atoms with Crippen molar-refractivity contribution < 1.29 is 23.4 Å².